The molecule has 0 aromatic heterocycles. The molecular weight excluding hydrogens is 773 g/mol. The van der Waals surface area contributed by atoms with Gasteiger partial charge >= 0.3 is 11.9 Å². The van der Waals surface area contributed by atoms with Crippen LogP contribution in [0.4, 0.5) is 0 Å². The topological polar surface area (TPSA) is 280 Å². The van der Waals surface area contributed by atoms with E-state index in [1.807, 2.05) is 0 Å². The van der Waals surface area contributed by atoms with Gasteiger partial charge in [0, 0.05) is 38.8 Å². The number of carboxylic acids is 2. The molecule has 0 heterocycles. The Balaban J connectivity index is 3.89. The number of likely N-dealkylation sites (N-methyl/N-ethyl adjacent to an activating group) is 1. The number of carbonyl (C=O) groups excluding carboxylic acids is 5. The van der Waals surface area contributed by atoms with Crippen LogP contribution in [0, 0.1) is 0 Å². The summed E-state index contributed by atoms with van der Waals surface area (Å²) in [5.41, 5.74) is 12.1. The zero-order chi connectivity index (χ0) is 44.8. The Morgan fingerprint density at radius 3 is 1.47 bits per heavy atom. The van der Waals surface area contributed by atoms with Crippen LogP contribution in [0.25, 0.3) is 0 Å². The van der Waals surface area contributed by atoms with Crippen molar-refractivity contribution in [2.45, 2.75) is 210 Å². The summed E-state index contributed by atoms with van der Waals surface area (Å²) in [6.45, 7) is 0.331. The summed E-state index contributed by atoms with van der Waals surface area (Å²) in [6.07, 6.45) is 22.2. The number of nitrogens with two attached hydrogens (primary N) is 2. The van der Waals surface area contributed by atoms with Crippen LogP contribution >= 0.6 is 0 Å². The zero-order valence-electron chi connectivity index (χ0n) is 36.8. The van der Waals surface area contributed by atoms with Crippen LogP contribution < -0.4 is 32.7 Å². The molecule has 348 valence electrons. The summed E-state index contributed by atoms with van der Waals surface area (Å²) in [4.78, 5) is 83.2. The summed E-state index contributed by atoms with van der Waals surface area (Å²) < 4.78 is 0. The molecule has 0 aliphatic heterocycles. The highest BCUT2D eigenvalue weighted by molar-refractivity contribution is 5.85. The minimum Gasteiger partial charge on any atom is -0.481 e. The van der Waals surface area contributed by atoms with Crippen LogP contribution in [0.3, 0.4) is 0 Å². The average Bonchev–Trinajstić information content (AvgIpc) is 3.22. The molecule has 3 amide bonds. The fourth-order valence-electron chi connectivity index (χ4n) is 7.00. The van der Waals surface area contributed by atoms with Gasteiger partial charge in [-0.3, -0.25) is 28.8 Å². The highest BCUT2D eigenvalue weighted by atomic mass is 16.4. The maximum absolute atomic E-state index is 12.5. The predicted octanol–water partition coefficient (Wildman–Crippen LogP) is 4.56. The first-order valence-electron chi connectivity index (χ1n) is 22.9. The molecule has 0 rings (SSSR count). The van der Waals surface area contributed by atoms with E-state index in [-0.39, 0.29) is 55.0 Å². The van der Waals surface area contributed by atoms with Crippen molar-refractivity contribution in [3.63, 3.8) is 0 Å². The molecule has 60 heavy (non-hydrogen) atoms. The van der Waals surface area contributed by atoms with E-state index in [1.54, 1.807) is 7.05 Å². The second-order valence-electron chi connectivity index (χ2n) is 16.2. The number of Topliss-reactive ketones (excluding diaryl/α,β-unsaturated/α-hetero) is 2. The van der Waals surface area contributed by atoms with E-state index in [9.17, 15) is 38.7 Å². The number of amides is 3. The Morgan fingerprint density at radius 2 is 0.933 bits per heavy atom. The average molecular weight is 855 g/mol. The molecule has 0 saturated heterocycles. The molecule has 0 bridgehead atoms. The number of nitrogens with one attached hydrogen (secondary N) is 4. The van der Waals surface area contributed by atoms with Gasteiger partial charge in [-0.15, -0.1) is 0 Å². The molecule has 0 aromatic rings. The van der Waals surface area contributed by atoms with Crippen molar-refractivity contribution in [3.05, 3.63) is 0 Å². The molecule has 0 aliphatic rings. The van der Waals surface area contributed by atoms with Crippen molar-refractivity contribution in [1.29, 1.82) is 0 Å². The number of hydrogen-bond donors (Lipinski definition) is 9. The molecule has 0 radical (unpaired) electrons. The van der Waals surface area contributed by atoms with Crippen molar-refractivity contribution >= 4 is 41.2 Å². The monoisotopic (exact) mass is 855 g/mol. The fraction of sp³-hybridized carbons (Fsp3) is 0.841. The van der Waals surface area contributed by atoms with Crippen molar-refractivity contribution in [2.24, 2.45) is 11.5 Å². The lowest BCUT2D eigenvalue weighted by Gasteiger charge is -2.15. The smallest absolute Gasteiger partial charge is 0.326 e. The number of ketones is 2. The number of aliphatic hydroxyl groups is 1. The van der Waals surface area contributed by atoms with E-state index >= 15 is 0 Å². The van der Waals surface area contributed by atoms with Crippen molar-refractivity contribution in [1.82, 2.24) is 21.3 Å². The summed E-state index contributed by atoms with van der Waals surface area (Å²) >= 11 is 0. The Morgan fingerprint density at radius 1 is 0.467 bits per heavy atom. The van der Waals surface area contributed by atoms with Gasteiger partial charge in [-0.2, -0.15) is 0 Å². The fourth-order valence-corrected chi connectivity index (χ4v) is 7.00. The first-order chi connectivity index (χ1) is 28.8. The molecule has 16 heteroatoms. The van der Waals surface area contributed by atoms with Crippen LogP contribution in [0.5, 0.6) is 0 Å². The molecule has 0 spiro atoms. The molecular formula is C44H82N6O10. The Kier molecular flexibility index (Phi) is 36.2. The van der Waals surface area contributed by atoms with Crippen LogP contribution in [0.1, 0.15) is 186 Å². The first kappa shape index (κ1) is 56.5. The number of unbranched alkanes of at least 4 members (excludes halogenated alkanes) is 17. The summed E-state index contributed by atoms with van der Waals surface area (Å²) in [5.74, 6) is -3.02. The second-order valence-corrected chi connectivity index (χ2v) is 16.2. The second kappa shape index (κ2) is 38.5. The van der Waals surface area contributed by atoms with Gasteiger partial charge in [0.15, 0.2) is 5.78 Å². The van der Waals surface area contributed by atoms with Gasteiger partial charge in [0.2, 0.25) is 17.7 Å². The van der Waals surface area contributed by atoms with Crippen LogP contribution in [-0.2, 0) is 33.6 Å². The van der Waals surface area contributed by atoms with Crippen molar-refractivity contribution in [2.75, 3.05) is 26.7 Å². The largest absolute Gasteiger partial charge is 0.481 e. The molecule has 11 N–H and O–H groups in total. The minimum atomic E-state index is -1.17. The molecule has 0 fully saturated rings. The number of carboxylic acid groups (broad SMARTS) is 2. The Hall–Kier alpha value is -3.47. The third kappa shape index (κ3) is 33.3. The zero-order valence-corrected chi connectivity index (χ0v) is 36.8. The molecule has 0 aliphatic carbocycles. The van der Waals surface area contributed by atoms with E-state index in [0.717, 1.165) is 44.9 Å². The van der Waals surface area contributed by atoms with E-state index in [4.69, 9.17) is 21.7 Å². The summed E-state index contributed by atoms with van der Waals surface area (Å²) in [6, 6.07) is -2.74. The van der Waals surface area contributed by atoms with E-state index in [1.165, 1.54) is 44.9 Å². The normalized spacial score (nSPS) is 13.2. The van der Waals surface area contributed by atoms with Crippen molar-refractivity contribution < 1.29 is 48.9 Å². The van der Waals surface area contributed by atoms with E-state index < -0.39 is 42.7 Å². The van der Waals surface area contributed by atoms with E-state index in [2.05, 4.69) is 21.3 Å². The summed E-state index contributed by atoms with van der Waals surface area (Å²) in [5, 5.41) is 38.2. The predicted molar refractivity (Wildman–Crippen MR) is 233 cm³/mol. The van der Waals surface area contributed by atoms with Crippen LogP contribution in [0.2, 0.25) is 0 Å². The number of carbonyl (C=O) groups is 7. The number of aliphatic carboxylic acids is 2. The first-order valence-corrected chi connectivity index (χ1v) is 22.9. The van der Waals surface area contributed by atoms with Crippen LogP contribution in [0.15, 0.2) is 0 Å². The SMILES string of the molecule is CN[C@@H](CCCCNC(=O)[C@@H](N)CCCCCC(=O)[C@@H](N)CCCCNC(=O)CC[C@H](NC(=O)CCCCCCCCCCCCCCCCC(=O)O)C(=O)O)C(=O)CO. The Bertz CT molecular complexity index is 1210. The summed E-state index contributed by atoms with van der Waals surface area (Å²) in [7, 11) is 1.67. The minimum absolute atomic E-state index is 0.00586. The number of aliphatic hydroxyl groups excluding tert-OH is 1. The molecule has 0 aromatic carbocycles. The Labute approximate surface area is 359 Å². The van der Waals surface area contributed by atoms with Gasteiger partial charge in [0.25, 0.3) is 0 Å². The van der Waals surface area contributed by atoms with Crippen molar-refractivity contribution in [3.8, 4) is 0 Å². The van der Waals surface area contributed by atoms with Gasteiger partial charge in [0.1, 0.15) is 18.4 Å². The lowest BCUT2D eigenvalue weighted by Crippen LogP contribution is -2.41. The third-order valence-electron chi connectivity index (χ3n) is 10.9. The standard InChI is InChI=1S/C44H82N6O10/c1-47-36(39(53)33-51)25-20-22-32-49-43(58)35(46)24-15-14-16-26-38(52)34(45)23-19-21-31-48-40(54)30-29-37(44(59)60)50-41(55)27-17-12-10-8-6-4-2-3-5-7-9-11-13-18-28-42(56)57/h34-37,47,51H,2-33,45-46H2,1H3,(H,48,54)(H,49,58)(H,50,55)(H,56,57)(H,59,60)/t34-,35-,36-,37-/m0/s1. The quantitative estimate of drug-likeness (QED) is 0.0381. The van der Waals surface area contributed by atoms with Gasteiger partial charge in [0.05, 0.1) is 18.1 Å². The molecule has 4 atom stereocenters. The van der Waals surface area contributed by atoms with Gasteiger partial charge in [-0.05, 0) is 77.7 Å². The van der Waals surface area contributed by atoms with E-state index in [0.29, 0.717) is 83.7 Å². The lowest BCUT2D eigenvalue weighted by molar-refractivity contribution is -0.142. The molecule has 0 unspecified atom stereocenters. The third-order valence-corrected chi connectivity index (χ3v) is 10.9. The maximum Gasteiger partial charge on any atom is 0.326 e. The van der Waals surface area contributed by atoms with Crippen LogP contribution in [-0.4, -0.2) is 107 Å². The molecule has 0 saturated carbocycles. The van der Waals surface area contributed by atoms with Gasteiger partial charge < -0.3 is 48.1 Å². The lowest BCUT2D eigenvalue weighted by atomic mass is 10.00. The number of rotatable bonds is 43. The van der Waals surface area contributed by atoms with Gasteiger partial charge in [-0.25, -0.2) is 4.79 Å². The highest BCUT2D eigenvalue weighted by Gasteiger charge is 2.21. The van der Waals surface area contributed by atoms with Gasteiger partial charge in [-0.1, -0.05) is 89.9 Å². The highest BCUT2D eigenvalue weighted by Crippen LogP contribution is 2.14. The molecule has 16 nitrogen and oxygen atoms in total. The number of hydrogen-bond acceptors (Lipinski definition) is 11. The maximum atomic E-state index is 12.5.